The van der Waals surface area contributed by atoms with E-state index in [2.05, 4.69) is 13.8 Å². The van der Waals surface area contributed by atoms with Crippen molar-refractivity contribution in [3.63, 3.8) is 0 Å². The van der Waals surface area contributed by atoms with Gasteiger partial charge in [0, 0.05) is 12.8 Å². The van der Waals surface area contributed by atoms with Gasteiger partial charge in [-0.1, -0.05) is 13.8 Å². The average molecular weight is 184 g/mol. The van der Waals surface area contributed by atoms with Crippen LogP contribution in [0.1, 0.15) is 47.0 Å². The summed E-state index contributed by atoms with van der Waals surface area (Å²) < 4.78 is 0. The van der Waals surface area contributed by atoms with Crippen LogP contribution in [-0.2, 0) is 9.59 Å². The molecular weight excluding hydrogens is 164 g/mol. The van der Waals surface area contributed by atoms with E-state index in [1.54, 1.807) is 13.8 Å². The number of rotatable bonds is 6. The van der Waals surface area contributed by atoms with Crippen LogP contribution in [0.3, 0.4) is 0 Å². The Balaban J connectivity index is 3.75. The molecule has 0 aliphatic rings. The lowest BCUT2D eigenvalue weighted by atomic mass is 9.87. The van der Waals surface area contributed by atoms with E-state index < -0.39 is 0 Å². The second-order valence-electron chi connectivity index (χ2n) is 4.10. The summed E-state index contributed by atoms with van der Waals surface area (Å²) in [7, 11) is 0. The Kier molecular flexibility index (Phi) is 5.60. The first-order valence-electron chi connectivity index (χ1n) is 4.92. The zero-order chi connectivity index (χ0) is 10.4. The molecule has 0 saturated carbocycles. The molecule has 0 rings (SSSR count). The molecule has 0 aliphatic carbocycles. The van der Waals surface area contributed by atoms with Gasteiger partial charge < -0.3 is 9.59 Å². The van der Waals surface area contributed by atoms with Crippen molar-refractivity contribution in [1.82, 2.24) is 0 Å². The maximum absolute atomic E-state index is 10.8. The smallest absolute Gasteiger partial charge is 0.130 e. The quantitative estimate of drug-likeness (QED) is 0.636. The van der Waals surface area contributed by atoms with Crippen LogP contribution in [0.5, 0.6) is 0 Å². The molecule has 0 aromatic heterocycles. The molecule has 0 radical (unpaired) electrons. The van der Waals surface area contributed by atoms with Crippen LogP contribution in [-0.4, -0.2) is 11.6 Å². The monoisotopic (exact) mass is 184 g/mol. The van der Waals surface area contributed by atoms with E-state index in [0.29, 0.717) is 24.7 Å². The maximum Gasteiger partial charge on any atom is 0.130 e. The van der Waals surface area contributed by atoms with Crippen LogP contribution in [0.15, 0.2) is 0 Å². The summed E-state index contributed by atoms with van der Waals surface area (Å²) in [4.78, 5) is 21.6. The fourth-order valence-corrected chi connectivity index (χ4v) is 1.37. The number of Topliss-reactive ketones (excluding diaryl/α,β-unsaturated/α-hetero) is 2. The Morgan fingerprint density at radius 3 is 1.92 bits per heavy atom. The second kappa shape index (κ2) is 5.90. The van der Waals surface area contributed by atoms with Gasteiger partial charge in [-0.15, -0.1) is 0 Å². The molecule has 0 fully saturated rings. The normalized spacial score (nSPS) is 15.1. The van der Waals surface area contributed by atoms with Gasteiger partial charge in [0.2, 0.25) is 0 Å². The molecule has 0 aliphatic heterocycles. The predicted octanol–water partition coefficient (Wildman–Crippen LogP) is 2.61. The number of carbonyl (C=O) groups excluding carboxylic acids is 2. The summed E-state index contributed by atoms with van der Waals surface area (Å²) in [6.45, 7) is 7.42. The van der Waals surface area contributed by atoms with Gasteiger partial charge in [-0.25, -0.2) is 0 Å². The molecule has 0 bridgehead atoms. The van der Waals surface area contributed by atoms with Crippen molar-refractivity contribution in [2.24, 2.45) is 11.8 Å². The molecule has 2 atom stereocenters. The van der Waals surface area contributed by atoms with E-state index in [4.69, 9.17) is 0 Å². The first-order valence-corrected chi connectivity index (χ1v) is 4.92. The molecule has 0 heterocycles. The fraction of sp³-hybridized carbons (Fsp3) is 0.818. The van der Waals surface area contributed by atoms with Gasteiger partial charge >= 0.3 is 0 Å². The number of carbonyl (C=O) groups is 2. The van der Waals surface area contributed by atoms with E-state index in [9.17, 15) is 9.59 Å². The van der Waals surface area contributed by atoms with Crippen LogP contribution in [0.2, 0.25) is 0 Å². The SMILES string of the molecule is CC(=O)CCC(C)C(C)CC(C)=O. The Labute approximate surface area is 80.7 Å². The van der Waals surface area contributed by atoms with Crippen molar-refractivity contribution in [2.75, 3.05) is 0 Å². The van der Waals surface area contributed by atoms with E-state index in [0.717, 1.165) is 6.42 Å². The number of hydrogen-bond acceptors (Lipinski definition) is 2. The van der Waals surface area contributed by atoms with E-state index in [1.807, 2.05) is 0 Å². The van der Waals surface area contributed by atoms with Gasteiger partial charge in [0.15, 0.2) is 0 Å². The minimum Gasteiger partial charge on any atom is -0.300 e. The van der Waals surface area contributed by atoms with Crippen molar-refractivity contribution < 1.29 is 9.59 Å². The molecular formula is C11H20O2. The molecule has 2 heteroatoms. The molecule has 2 unspecified atom stereocenters. The third kappa shape index (κ3) is 6.50. The predicted molar refractivity (Wildman–Crippen MR) is 53.5 cm³/mol. The highest BCUT2D eigenvalue weighted by Gasteiger charge is 2.14. The van der Waals surface area contributed by atoms with Crippen LogP contribution >= 0.6 is 0 Å². The van der Waals surface area contributed by atoms with E-state index in [1.165, 1.54) is 0 Å². The van der Waals surface area contributed by atoms with Crippen molar-refractivity contribution >= 4 is 11.6 Å². The Morgan fingerprint density at radius 1 is 1.00 bits per heavy atom. The third-order valence-corrected chi connectivity index (χ3v) is 2.53. The summed E-state index contributed by atoms with van der Waals surface area (Å²) in [5, 5.41) is 0. The average Bonchev–Trinajstić information content (AvgIpc) is 1.98. The molecule has 13 heavy (non-hydrogen) atoms. The molecule has 0 aromatic rings. The molecule has 2 nitrogen and oxygen atoms in total. The lowest BCUT2D eigenvalue weighted by Gasteiger charge is -2.17. The minimum absolute atomic E-state index is 0.238. The van der Waals surface area contributed by atoms with E-state index in [-0.39, 0.29) is 11.6 Å². The molecule has 0 N–H and O–H groups in total. The zero-order valence-corrected chi connectivity index (χ0v) is 9.09. The van der Waals surface area contributed by atoms with Gasteiger partial charge in [0.25, 0.3) is 0 Å². The van der Waals surface area contributed by atoms with Crippen molar-refractivity contribution in [1.29, 1.82) is 0 Å². The summed E-state index contributed by atoms with van der Waals surface area (Å²) in [6.07, 6.45) is 2.19. The summed E-state index contributed by atoms with van der Waals surface area (Å²) in [6, 6.07) is 0. The van der Waals surface area contributed by atoms with Crippen molar-refractivity contribution in [2.45, 2.75) is 47.0 Å². The van der Waals surface area contributed by atoms with Crippen LogP contribution < -0.4 is 0 Å². The van der Waals surface area contributed by atoms with Crippen LogP contribution in [0, 0.1) is 11.8 Å². The van der Waals surface area contributed by atoms with Crippen molar-refractivity contribution in [3.05, 3.63) is 0 Å². The molecule has 76 valence electrons. The van der Waals surface area contributed by atoms with Crippen LogP contribution in [0.4, 0.5) is 0 Å². The zero-order valence-electron chi connectivity index (χ0n) is 9.09. The lowest BCUT2D eigenvalue weighted by Crippen LogP contribution is -2.12. The highest BCUT2D eigenvalue weighted by Crippen LogP contribution is 2.20. The number of ketones is 2. The standard InChI is InChI=1S/C11H20O2/c1-8(5-6-10(3)12)9(2)7-11(4)13/h8-9H,5-7H2,1-4H3. The van der Waals surface area contributed by atoms with Crippen LogP contribution in [0.25, 0.3) is 0 Å². The van der Waals surface area contributed by atoms with Gasteiger partial charge in [0.1, 0.15) is 11.6 Å². The lowest BCUT2D eigenvalue weighted by molar-refractivity contribution is -0.118. The Hall–Kier alpha value is -0.660. The third-order valence-electron chi connectivity index (χ3n) is 2.53. The molecule has 0 aromatic carbocycles. The minimum atomic E-state index is 0.238. The second-order valence-corrected chi connectivity index (χ2v) is 4.10. The molecule has 0 saturated heterocycles. The largest absolute Gasteiger partial charge is 0.300 e. The summed E-state index contributed by atoms with van der Waals surface area (Å²) >= 11 is 0. The number of hydrogen-bond donors (Lipinski definition) is 0. The van der Waals surface area contributed by atoms with Gasteiger partial charge in [-0.05, 0) is 32.1 Å². The maximum atomic E-state index is 10.8. The highest BCUT2D eigenvalue weighted by atomic mass is 16.1. The first-order chi connectivity index (χ1) is 5.93. The highest BCUT2D eigenvalue weighted by molar-refractivity contribution is 5.76. The summed E-state index contributed by atoms with van der Waals surface area (Å²) in [5.74, 6) is 1.34. The Bertz CT molecular complexity index is 185. The summed E-state index contributed by atoms with van der Waals surface area (Å²) in [5.41, 5.74) is 0. The Morgan fingerprint density at radius 2 is 1.54 bits per heavy atom. The van der Waals surface area contributed by atoms with Gasteiger partial charge in [-0.2, -0.15) is 0 Å². The van der Waals surface area contributed by atoms with Gasteiger partial charge in [-0.3, -0.25) is 0 Å². The molecule has 0 amide bonds. The van der Waals surface area contributed by atoms with Gasteiger partial charge in [0.05, 0.1) is 0 Å². The van der Waals surface area contributed by atoms with E-state index >= 15 is 0 Å². The topological polar surface area (TPSA) is 34.1 Å². The fourth-order valence-electron chi connectivity index (χ4n) is 1.37. The first kappa shape index (κ1) is 12.3. The molecule has 0 spiro atoms. The van der Waals surface area contributed by atoms with Crippen molar-refractivity contribution in [3.8, 4) is 0 Å².